The Hall–Kier alpha value is -0.790. The van der Waals surface area contributed by atoms with Gasteiger partial charge in [0.25, 0.3) is 0 Å². The molecule has 1 aromatic carbocycles. The van der Waals surface area contributed by atoms with Crippen LogP contribution in [0, 0.1) is 0 Å². The highest BCUT2D eigenvalue weighted by Crippen LogP contribution is 2.19. The van der Waals surface area contributed by atoms with Crippen molar-refractivity contribution >= 4 is 18.5 Å². The monoisotopic (exact) mass is 295 g/mol. The second-order valence-corrected chi connectivity index (χ2v) is 5.40. The van der Waals surface area contributed by atoms with Gasteiger partial charge in [-0.05, 0) is 31.2 Å². The fourth-order valence-electron chi connectivity index (χ4n) is 2.28. The molecule has 114 valence electrons. The van der Waals surface area contributed by atoms with Crippen LogP contribution in [0.2, 0.25) is 0 Å². The number of rotatable bonds is 9. The maximum absolute atomic E-state index is 6.12. The van der Waals surface area contributed by atoms with Crippen molar-refractivity contribution in [2.75, 3.05) is 0 Å². The summed E-state index contributed by atoms with van der Waals surface area (Å²) in [6.45, 7) is 4.43. The van der Waals surface area contributed by atoms with Crippen LogP contribution in [-0.4, -0.2) is 6.04 Å². The first-order chi connectivity index (χ1) is 9.26. The average molecular weight is 296 g/mol. The Labute approximate surface area is 131 Å². The molecule has 0 spiro atoms. The summed E-state index contributed by atoms with van der Waals surface area (Å²) in [5, 5.41) is 0. The van der Waals surface area contributed by atoms with Crippen molar-refractivity contribution in [1.29, 1.82) is 0 Å². The topological polar surface area (TPSA) is 26.0 Å². The molecule has 0 amide bonds. The molecular formula is C18H30ClN. The van der Waals surface area contributed by atoms with Crippen molar-refractivity contribution in [2.24, 2.45) is 5.73 Å². The molecule has 0 bridgehead atoms. The lowest BCUT2D eigenvalue weighted by molar-refractivity contribution is 0.605. The van der Waals surface area contributed by atoms with Crippen LogP contribution in [-0.2, 0) is 0 Å². The minimum absolute atomic E-state index is 0. The van der Waals surface area contributed by atoms with Crippen molar-refractivity contribution < 1.29 is 0 Å². The molecule has 2 N–H and O–H groups in total. The normalized spacial score (nSPS) is 12.8. The lowest BCUT2D eigenvalue weighted by Gasteiger charge is -2.13. The van der Waals surface area contributed by atoms with Gasteiger partial charge in [0.1, 0.15) is 0 Å². The zero-order valence-corrected chi connectivity index (χ0v) is 13.8. The van der Waals surface area contributed by atoms with Crippen LogP contribution in [0.15, 0.2) is 35.9 Å². The van der Waals surface area contributed by atoms with Crippen LogP contribution in [0.25, 0.3) is 6.08 Å². The van der Waals surface area contributed by atoms with Crippen LogP contribution in [0.4, 0.5) is 0 Å². The smallest absolute Gasteiger partial charge is 0.00735 e. The Morgan fingerprint density at radius 2 is 1.80 bits per heavy atom. The van der Waals surface area contributed by atoms with Crippen molar-refractivity contribution in [1.82, 2.24) is 0 Å². The van der Waals surface area contributed by atoms with Gasteiger partial charge in [0.05, 0.1) is 0 Å². The third-order valence-electron chi connectivity index (χ3n) is 3.57. The van der Waals surface area contributed by atoms with Crippen LogP contribution >= 0.6 is 12.4 Å². The van der Waals surface area contributed by atoms with Gasteiger partial charge in [-0.1, -0.05) is 75.1 Å². The van der Waals surface area contributed by atoms with E-state index < -0.39 is 0 Å². The Kier molecular flexibility index (Phi) is 11.5. The Bertz CT molecular complexity index is 359. The summed E-state index contributed by atoms with van der Waals surface area (Å²) in [6, 6.07) is 10.9. The molecular weight excluding hydrogens is 266 g/mol. The molecule has 0 radical (unpaired) electrons. The van der Waals surface area contributed by atoms with Crippen molar-refractivity contribution in [3.8, 4) is 0 Å². The first kappa shape index (κ1) is 19.2. The van der Waals surface area contributed by atoms with Crippen LogP contribution in [0.3, 0.4) is 0 Å². The van der Waals surface area contributed by atoms with Crippen molar-refractivity contribution in [2.45, 2.75) is 64.8 Å². The Morgan fingerprint density at radius 3 is 2.40 bits per heavy atom. The minimum atomic E-state index is 0. The summed E-state index contributed by atoms with van der Waals surface area (Å²) in [4.78, 5) is 0. The van der Waals surface area contributed by atoms with E-state index in [-0.39, 0.29) is 12.4 Å². The number of hydrogen-bond donors (Lipinski definition) is 1. The second kappa shape index (κ2) is 12.0. The van der Waals surface area contributed by atoms with Gasteiger partial charge in [0.15, 0.2) is 0 Å². The van der Waals surface area contributed by atoms with E-state index in [0.29, 0.717) is 6.04 Å². The predicted octanol–water partition coefficient (Wildman–Crippen LogP) is 5.59. The molecule has 0 aromatic heterocycles. The summed E-state index contributed by atoms with van der Waals surface area (Å²) in [5.41, 5.74) is 8.93. The number of hydrogen-bond acceptors (Lipinski definition) is 1. The molecule has 1 rings (SSSR count). The molecule has 2 heteroatoms. The van der Waals surface area contributed by atoms with E-state index in [0.717, 1.165) is 12.8 Å². The second-order valence-electron chi connectivity index (χ2n) is 5.40. The van der Waals surface area contributed by atoms with E-state index >= 15 is 0 Å². The SMILES string of the molecule is CCCCCC/C(=C\c1ccccc1)CC(N)CC.Cl. The van der Waals surface area contributed by atoms with E-state index in [1.807, 2.05) is 0 Å². The molecule has 20 heavy (non-hydrogen) atoms. The van der Waals surface area contributed by atoms with Crippen LogP contribution in [0.5, 0.6) is 0 Å². The number of unbranched alkanes of at least 4 members (excludes halogenated alkanes) is 3. The molecule has 0 saturated heterocycles. The molecule has 1 atom stereocenters. The molecule has 0 saturated carbocycles. The van der Waals surface area contributed by atoms with Crippen molar-refractivity contribution in [3.63, 3.8) is 0 Å². The summed E-state index contributed by atoms with van der Waals surface area (Å²) in [7, 11) is 0. The van der Waals surface area contributed by atoms with Gasteiger partial charge < -0.3 is 5.73 Å². The molecule has 0 aliphatic rings. The molecule has 0 aliphatic heterocycles. The maximum atomic E-state index is 6.12. The van der Waals surface area contributed by atoms with Crippen LogP contribution < -0.4 is 5.73 Å². The fraction of sp³-hybridized carbons (Fsp3) is 0.556. The van der Waals surface area contributed by atoms with E-state index in [1.54, 1.807) is 0 Å². The largest absolute Gasteiger partial charge is 0.327 e. The quantitative estimate of drug-likeness (QED) is 0.590. The van der Waals surface area contributed by atoms with Gasteiger partial charge >= 0.3 is 0 Å². The molecule has 1 aromatic rings. The van der Waals surface area contributed by atoms with E-state index in [2.05, 4.69) is 50.3 Å². The predicted molar refractivity (Wildman–Crippen MR) is 93.3 cm³/mol. The highest BCUT2D eigenvalue weighted by atomic mass is 35.5. The van der Waals surface area contributed by atoms with E-state index in [4.69, 9.17) is 5.73 Å². The molecule has 0 heterocycles. The van der Waals surface area contributed by atoms with Gasteiger partial charge in [0, 0.05) is 6.04 Å². The zero-order valence-electron chi connectivity index (χ0n) is 13.0. The highest BCUT2D eigenvalue weighted by Gasteiger charge is 2.05. The van der Waals surface area contributed by atoms with Gasteiger partial charge in [0.2, 0.25) is 0 Å². The third-order valence-corrected chi connectivity index (χ3v) is 3.57. The van der Waals surface area contributed by atoms with E-state index in [9.17, 15) is 0 Å². The Balaban J connectivity index is 0.00000361. The molecule has 1 unspecified atom stereocenters. The molecule has 1 nitrogen and oxygen atoms in total. The number of benzene rings is 1. The first-order valence-electron chi connectivity index (χ1n) is 7.76. The fourth-order valence-corrected chi connectivity index (χ4v) is 2.28. The lowest BCUT2D eigenvalue weighted by atomic mass is 9.97. The molecule has 0 fully saturated rings. The lowest BCUT2D eigenvalue weighted by Crippen LogP contribution is -2.19. The average Bonchev–Trinajstić information content (AvgIpc) is 2.44. The van der Waals surface area contributed by atoms with Gasteiger partial charge in [-0.25, -0.2) is 0 Å². The van der Waals surface area contributed by atoms with Gasteiger partial charge in [-0.15, -0.1) is 12.4 Å². The van der Waals surface area contributed by atoms with Crippen LogP contribution in [0.1, 0.15) is 64.4 Å². The van der Waals surface area contributed by atoms with Gasteiger partial charge in [-0.2, -0.15) is 0 Å². The summed E-state index contributed by atoms with van der Waals surface area (Å²) in [5.74, 6) is 0. The standard InChI is InChI=1S/C18H29N.ClH/c1-3-5-6-8-13-17(15-18(19)4-2)14-16-11-9-7-10-12-16;/h7,9-12,14,18H,3-6,8,13,15,19H2,1-2H3;1H/b17-14+;. The summed E-state index contributed by atoms with van der Waals surface area (Å²) in [6.07, 6.45) is 10.9. The maximum Gasteiger partial charge on any atom is 0.00735 e. The number of halogens is 1. The summed E-state index contributed by atoms with van der Waals surface area (Å²) < 4.78 is 0. The highest BCUT2D eigenvalue weighted by molar-refractivity contribution is 5.85. The zero-order chi connectivity index (χ0) is 13.9. The number of nitrogens with two attached hydrogens (primary N) is 1. The van der Waals surface area contributed by atoms with Gasteiger partial charge in [-0.3, -0.25) is 0 Å². The first-order valence-corrected chi connectivity index (χ1v) is 7.76. The van der Waals surface area contributed by atoms with Crippen molar-refractivity contribution in [3.05, 3.63) is 41.5 Å². The molecule has 0 aliphatic carbocycles. The Morgan fingerprint density at radius 1 is 1.10 bits per heavy atom. The minimum Gasteiger partial charge on any atom is -0.327 e. The third kappa shape index (κ3) is 8.39. The van der Waals surface area contributed by atoms with E-state index in [1.165, 1.54) is 43.2 Å². The summed E-state index contributed by atoms with van der Waals surface area (Å²) >= 11 is 0.